The summed E-state index contributed by atoms with van der Waals surface area (Å²) >= 11 is 11.9. The predicted octanol–water partition coefficient (Wildman–Crippen LogP) is 6.41. The molecule has 1 aromatic heterocycles. The Morgan fingerprint density at radius 1 is 1.07 bits per heavy atom. The second kappa shape index (κ2) is 10.4. The quantitative estimate of drug-likeness (QED) is 0.444. The molecular formula is C22H24Cl4FN3. The smallest absolute Gasteiger partial charge is 0.142 e. The summed E-state index contributed by atoms with van der Waals surface area (Å²) in [5.74, 6) is -0.379. The van der Waals surface area contributed by atoms with Crippen LogP contribution in [-0.2, 0) is 12.1 Å². The second-order valence-corrected chi connectivity index (χ2v) is 8.42. The van der Waals surface area contributed by atoms with Gasteiger partial charge in [-0.25, -0.2) is 4.39 Å². The fourth-order valence-electron chi connectivity index (χ4n) is 4.07. The van der Waals surface area contributed by atoms with Gasteiger partial charge in [-0.2, -0.15) is 0 Å². The van der Waals surface area contributed by atoms with Crippen LogP contribution in [0.2, 0.25) is 10.0 Å². The van der Waals surface area contributed by atoms with E-state index in [4.69, 9.17) is 28.9 Å². The first-order valence-electron chi connectivity index (χ1n) is 9.45. The molecule has 3 aromatic rings. The number of rotatable bonds is 4. The van der Waals surface area contributed by atoms with E-state index in [-0.39, 0.29) is 41.2 Å². The van der Waals surface area contributed by atoms with Gasteiger partial charge in [0, 0.05) is 34.7 Å². The molecule has 0 amide bonds. The van der Waals surface area contributed by atoms with Gasteiger partial charge < -0.3 is 11.1 Å². The van der Waals surface area contributed by atoms with Crippen molar-refractivity contribution in [1.82, 2.24) is 10.3 Å². The number of pyridine rings is 1. The maximum absolute atomic E-state index is 13.6. The minimum absolute atomic E-state index is 0. The molecule has 1 fully saturated rings. The maximum atomic E-state index is 13.6. The van der Waals surface area contributed by atoms with Gasteiger partial charge in [0.05, 0.1) is 10.5 Å². The van der Waals surface area contributed by atoms with E-state index in [0.717, 1.165) is 47.7 Å². The van der Waals surface area contributed by atoms with Crippen LogP contribution in [0.4, 0.5) is 4.39 Å². The largest absolute Gasteiger partial charge is 0.321 e. The van der Waals surface area contributed by atoms with Crippen LogP contribution in [0.1, 0.15) is 36.8 Å². The summed E-state index contributed by atoms with van der Waals surface area (Å²) in [6.07, 6.45) is 5.48. The first kappa shape index (κ1) is 25.1. The van der Waals surface area contributed by atoms with E-state index in [2.05, 4.69) is 10.3 Å². The predicted molar refractivity (Wildman–Crippen MR) is 128 cm³/mol. The zero-order chi connectivity index (χ0) is 19.7. The van der Waals surface area contributed by atoms with Crippen molar-refractivity contribution in [3.8, 4) is 0 Å². The fourth-order valence-corrected chi connectivity index (χ4v) is 4.36. The molecule has 3 nitrogen and oxygen atoms in total. The number of hydrogen-bond acceptors (Lipinski definition) is 3. The molecule has 1 heterocycles. The van der Waals surface area contributed by atoms with Gasteiger partial charge in [0.15, 0.2) is 0 Å². The third-order valence-electron chi connectivity index (χ3n) is 5.70. The summed E-state index contributed by atoms with van der Waals surface area (Å²) in [4.78, 5) is 4.43. The first-order chi connectivity index (χ1) is 13.4. The van der Waals surface area contributed by atoms with Crippen LogP contribution in [0.25, 0.3) is 10.9 Å². The van der Waals surface area contributed by atoms with Gasteiger partial charge in [-0.1, -0.05) is 35.3 Å². The normalized spacial score (nSPS) is 21.0. The van der Waals surface area contributed by atoms with Crippen molar-refractivity contribution in [2.45, 2.75) is 43.8 Å². The standard InChI is InChI=1S/C22H22Cl2FN3.2ClH/c23-15-2-3-17-18(7-10-27-21(17)12-15)22(26)8-5-16(6-9-22)28-13-14-1-4-19(24)20(25)11-14;;/h1-4,7,10-12,16,28H,5-6,8-9,13,26H2;2*1H. The Morgan fingerprint density at radius 3 is 2.50 bits per heavy atom. The van der Waals surface area contributed by atoms with Crippen molar-refractivity contribution in [2.24, 2.45) is 5.73 Å². The van der Waals surface area contributed by atoms with Crippen LogP contribution in [0.3, 0.4) is 0 Å². The second-order valence-electron chi connectivity index (χ2n) is 7.58. The van der Waals surface area contributed by atoms with Gasteiger partial charge in [0.2, 0.25) is 0 Å². The van der Waals surface area contributed by atoms with Crippen LogP contribution in [-0.4, -0.2) is 11.0 Å². The highest BCUT2D eigenvalue weighted by atomic mass is 35.5. The highest BCUT2D eigenvalue weighted by Crippen LogP contribution is 2.38. The van der Waals surface area contributed by atoms with Crippen LogP contribution >= 0.6 is 48.0 Å². The van der Waals surface area contributed by atoms with E-state index in [1.807, 2.05) is 36.5 Å². The number of halogens is 5. The number of nitrogens with two attached hydrogens (primary N) is 1. The molecule has 162 valence electrons. The summed E-state index contributed by atoms with van der Waals surface area (Å²) in [7, 11) is 0. The maximum Gasteiger partial charge on any atom is 0.142 e. The molecule has 2 aromatic carbocycles. The zero-order valence-corrected chi connectivity index (χ0v) is 19.4. The SMILES string of the molecule is Cl.Cl.NC1(c2ccnc3cc(Cl)ccc23)CCC(NCc2ccc(Cl)c(F)c2)CC1. The number of benzene rings is 2. The summed E-state index contributed by atoms with van der Waals surface area (Å²) in [6.45, 7) is 0.618. The zero-order valence-electron chi connectivity index (χ0n) is 16.2. The van der Waals surface area contributed by atoms with E-state index in [1.54, 1.807) is 6.07 Å². The molecule has 0 spiro atoms. The van der Waals surface area contributed by atoms with E-state index >= 15 is 0 Å². The van der Waals surface area contributed by atoms with Gasteiger partial charge >= 0.3 is 0 Å². The summed E-state index contributed by atoms with van der Waals surface area (Å²) in [6, 6.07) is 13.1. The van der Waals surface area contributed by atoms with Gasteiger partial charge in [-0.15, -0.1) is 24.8 Å². The van der Waals surface area contributed by atoms with Crippen molar-refractivity contribution in [3.05, 3.63) is 75.7 Å². The lowest BCUT2D eigenvalue weighted by molar-refractivity contribution is 0.252. The molecule has 1 aliphatic rings. The Balaban J connectivity index is 0.00000160. The average Bonchev–Trinajstić information content (AvgIpc) is 2.69. The Morgan fingerprint density at radius 2 is 1.80 bits per heavy atom. The molecular weight excluding hydrogens is 467 g/mol. The van der Waals surface area contributed by atoms with Crippen molar-refractivity contribution in [3.63, 3.8) is 0 Å². The molecule has 0 saturated heterocycles. The average molecular weight is 491 g/mol. The molecule has 0 unspecified atom stereocenters. The minimum Gasteiger partial charge on any atom is -0.321 e. The van der Waals surface area contributed by atoms with Gasteiger partial charge in [-0.3, -0.25) is 4.98 Å². The van der Waals surface area contributed by atoms with Crippen LogP contribution in [0.5, 0.6) is 0 Å². The molecule has 0 bridgehead atoms. The summed E-state index contributed by atoms with van der Waals surface area (Å²) in [5, 5.41) is 5.42. The van der Waals surface area contributed by atoms with Crippen LogP contribution < -0.4 is 11.1 Å². The van der Waals surface area contributed by atoms with Crippen molar-refractivity contribution in [2.75, 3.05) is 0 Å². The number of fused-ring (bicyclic) bond motifs is 1. The number of nitrogens with zero attached hydrogens (tertiary/aromatic N) is 1. The third kappa shape index (κ3) is 5.37. The molecule has 4 rings (SSSR count). The van der Waals surface area contributed by atoms with E-state index in [1.165, 1.54) is 6.07 Å². The van der Waals surface area contributed by atoms with Crippen molar-refractivity contribution in [1.29, 1.82) is 0 Å². The van der Waals surface area contributed by atoms with Crippen LogP contribution in [0.15, 0.2) is 48.7 Å². The van der Waals surface area contributed by atoms with E-state index < -0.39 is 0 Å². The Kier molecular flexibility index (Phi) is 8.75. The van der Waals surface area contributed by atoms with Gasteiger partial charge in [0.1, 0.15) is 5.82 Å². The van der Waals surface area contributed by atoms with Crippen molar-refractivity contribution >= 4 is 58.9 Å². The third-order valence-corrected chi connectivity index (χ3v) is 6.24. The topological polar surface area (TPSA) is 50.9 Å². The Hall–Kier alpha value is -1.14. The fraction of sp³-hybridized carbons (Fsp3) is 0.318. The molecule has 30 heavy (non-hydrogen) atoms. The van der Waals surface area contributed by atoms with Crippen LogP contribution in [0, 0.1) is 5.82 Å². The monoisotopic (exact) mass is 489 g/mol. The molecule has 3 N–H and O–H groups in total. The highest BCUT2D eigenvalue weighted by molar-refractivity contribution is 6.31. The molecule has 0 radical (unpaired) electrons. The number of hydrogen-bond donors (Lipinski definition) is 2. The Labute approximate surface area is 198 Å². The minimum atomic E-state index is -0.379. The van der Waals surface area contributed by atoms with Gasteiger partial charge in [0.25, 0.3) is 0 Å². The Bertz CT molecular complexity index is 1010. The molecule has 1 aliphatic carbocycles. The lowest BCUT2D eigenvalue weighted by Gasteiger charge is -2.38. The van der Waals surface area contributed by atoms with E-state index in [9.17, 15) is 4.39 Å². The molecule has 1 saturated carbocycles. The van der Waals surface area contributed by atoms with E-state index in [0.29, 0.717) is 17.6 Å². The first-order valence-corrected chi connectivity index (χ1v) is 10.2. The highest BCUT2D eigenvalue weighted by Gasteiger charge is 2.34. The van der Waals surface area contributed by atoms with Crippen molar-refractivity contribution < 1.29 is 4.39 Å². The molecule has 0 aliphatic heterocycles. The number of nitrogens with one attached hydrogen (secondary N) is 1. The summed E-state index contributed by atoms with van der Waals surface area (Å²) in [5.41, 5.74) is 9.36. The number of aromatic nitrogens is 1. The van der Waals surface area contributed by atoms with Gasteiger partial charge in [-0.05, 0) is 67.1 Å². The molecule has 8 heteroatoms. The lowest BCUT2D eigenvalue weighted by Crippen LogP contribution is -2.45. The molecule has 0 atom stereocenters. The summed E-state index contributed by atoms with van der Waals surface area (Å²) < 4.78 is 13.6. The lowest BCUT2D eigenvalue weighted by atomic mass is 9.74.